The first kappa shape index (κ1) is 12.4. The van der Waals surface area contributed by atoms with Crippen LogP contribution in [0.4, 0.5) is 0 Å². The van der Waals surface area contributed by atoms with Crippen molar-refractivity contribution in [2.45, 2.75) is 24.9 Å². The number of hydrogen-bond acceptors (Lipinski definition) is 4. The zero-order valence-corrected chi connectivity index (χ0v) is 9.71. The van der Waals surface area contributed by atoms with Crippen molar-refractivity contribution in [2.24, 2.45) is 0 Å². The highest BCUT2D eigenvalue weighted by atomic mass is 16.4. The topological polar surface area (TPSA) is 64.6 Å². The summed E-state index contributed by atoms with van der Waals surface area (Å²) in [4.78, 5) is 12.8. The molecule has 0 bridgehead atoms. The largest absolute Gasteiger partial charge is 0.481 e. The normalized spacial score (nSPS) is 21.1. The van der Waals surface area contributed by atoms with Gasteiger partial charge in [0, 0.05) is 25.7 Å². The molecule has 0 aliphatic carbocycles. The second-order valence-corrected chi connectivity index (χ2v) is 4.76. The van der Waals surface area contributed by atoms with Crippen LogP contribution < -0.4 is 10.6 Å². The Morgan fingerprint density at radius 3 is 2.53 bits per heavy atom. The molecule has 0 saturated carbocycles. The van der Waals surface area contributed by atoms with Crippen molar-refractivity contribution < 1.29 is 9.90 Å². The summed E-state index contributed by atoms with van der Waals surface area (Å²) in [7, 11) is 4.03. The second kappa shape index (κ2) is 4.92. The molecule has 5 nitrogen and oxygen atoms in total. The number of hydrogen-bond donors (Lipinski definition) is 3. The summed E-state index contributed by atoms with van der Waals surface area (Å²) in [5.41, 5.74) is -0.235. The van der Waals surface area contributed by atoms with Crippen LogP contribution in [0.1, 0.15) is 13.3 Å². The number of nitrogens with zero attached hydrogens (tertiary/aromatic N) is 1. The maximum Gasteiger partial charge on any atom is 0.305 e. The average Bonchev–Trinajstić information content (AvgIpc) is 1.97. The van der Waals surface area contributed by atoms with Gasteiger partial charge >= 0.3 is 5.97 Å². The first-order valence-electron chi connectivity index (χ1n) is 5.28. The van der Waals surface area contributed by atoms with Crippen molar-refractivity contribution >= 4 is 5.97 Å². The molecule has 1 aliphatic rings. The van der Waals surface area contributed by atoms with Gasteiger partial charge in [-0.25, -0.2) is 0 Å². The van der Waals surface area contributed by atoms with Crippen molar-refractivity contribution in [1.82, 2.24) is 15.5 Å². The molecule has 0 amide bonds. The second-order valence-electron chi connectivity index (χ2n) is 4.76. The highest BCUT2D eigenvalue weighted by Crippen LogP contribution is 2.16. The lowest BCUT2D eigenvalue weighted by atomic mass is 9.87. The van der Waals surface area contributed by atoms with E-state index in [9.17, 15) is 4.79 Å². The van der Waals surface area contributed by atoms with Crippen LogP contribution in [0.2, 0.25) is 0 Å². The van der Waals surface area contributed by atoms with E-state index in [4.69, 9.17) is 5.11 Å². The zero-order chi connectivity index (χ0) is 11.5. The molecule has 15 heavy (non-hydrogen) atoms. The first-order valence-corrected chi connectivity index (χ1v) is 5.28. The van der Waals surface area contributed by atoms with Crippen molar-refractivity contribution in [3.63, 3.8) is 0 Å². The van der Waals surface area contributed by atoms with E-state index in [1.54, 1.807) is 0 Å². The summed E-state index contributed by atoms with van der Waals surface area (Å²) in [5.74, 6) is -0.735. The molecule has 3 N–H and O–H groups in total. The summed E-state index contributed by atoms with van der Waals surface area (Å²) >= 11 is 0. The van der Waals surface area contributed by atoms with E-state index in [1.165, 1.54) is 0 Å². The molecule has 1 unspecified atom stereocenters. The molecule has 1 saturated heterocycles. The number of rotatable bonds is 6. The predicted octanol–water partition coefficient (Wildman–Crippen LogP) is -0.657. The summed E-state index contributed by atoms with van der Waals surface area (Å²) in [6, 6.07) is 0.307. The SMILES string of the molecule is CC(CN(C)C)NC1(CC(=O)O)CNC1. The lowest BCUT2D eigenvalue weighted by Gasteiger charge is -2.44. The fourth-order valence-corrected chi connectivity index (χ4v) is 2.11. The molecule has 1 heterocycles. The molecule has 0 radical (unpaired) electrons. The van der Waals surface area contributed by atoms with Crippen LogP contribution in [-0.2, 0) is 4.79 Å². The molecule has 1 rings (SSSR count). The number of likely N-dealkylation sites (N-methyl/N-ethyl adjacent to an activating group) is 1. The number of nitrogens with one attached hydrogen (secondary N) is 2. The fraction of sp³-hybridized carbons (Fsp3) is 0.900. The van der Waals surface area contributed by atoms with Crippen LogP contribution in [0.15, 0.2) is 0 Å². The van der Waals surface area contributed by atoms with Crippen molar-refractivity contribution in [2.75, 3.05) is 33.7 Å². The van der Waals surface area contributed by atoms with Crippen LogP contribution in [0.25, 0.3) is 0 Å². The molecular formula is C10H21N3O2. The first-order chi connectivity index (χ1) is 6.93. The molecule has 88 valence electrons. The summed E-state index contributed by atoms with van der Waals surface area (Å²) < 4.78 is 0. The van der Waals surface area contributed by atoms with Gasteiger partial charge in [0.25, 0.3) is 0 Å². The lowest BCUT2D eigenvalue weighted by molar-refractivity contribution is -0.139. The van der Waals surface area contributed by atoms with E-state index < -0.39 is 5.97 Å². The van der Waals surface area contributed by atoms with Gasteiger partial charge in [-0.15, -0.1) is 0 Å². The van der Waals surface area contributed by atoms with Gasteiger partial charge in [-0.3, -0.25) is 4.79 Å². The standard InChI is InChI=1S/C10H21N3O2/c1-8(5-13(2)3)12-10(4-9(14)15)6-11-7-10/h8,11-12H,4-7H2,1-3H3,(H,14,15). The Kier molecular flexibility index (Phi) is 4.07. The number of carboxylic acid groups (broad SMARTS) is 1. The molecule has 5 heteroatoms. The number of carboxylic acids is 1. The Bertz CT molecular complexity index is 227. The average molecular weight is 215 g/mol. The van der Waals surface area contributed by atoms with Gasteiger partial charge in [0.15, 0.2) is 0 Å². The Morgan fingerprint density at radius 1 is 1.60 bits per heavy atom. The van der Waals surface area contributed by atoms with E-state index in [0.717, 1.165) is 19.6 Å². The maximum atomic E-state index is 10.7. The van der Waals surface area contributed by atoms with Crippen LogP contribution >= 0.6 is 0 Å². The minimum absolute atomic E-state index is 0.192. The van der Waals surface area contributed by atoms with E-state index >= 15 is 0 Å². The van der Waals surface area contributed by atoms with E-state index in [-0.39, 0.29) is 12.0 Å². The van der Waals surface area contributed by atoms with Crippen LogP contribution in [-0.4, -0.2) is 61.3 Å². The van der Waals surface area contributed by atoms with Crippen LogP contribution in [0.3, 0.4) is 0 Å². The summed E-state index contributed by atoms with van der Waals surface area (Å²) in [6.45, 7) is 4.50. The lowest BCUT2D eigenvalue weighted by Crippen LogP contribution is -2.70. The van der Waals surface area contributed by atoms with E-state index in [1.807, 2.05) is 14.1 Å². The van der Waals surface area contributed by atoms with Crippen LogP contribution in [0.5, 0.6) is 0 Å². The highest BCUT2D eigenvalue weighted by molar-refractivity contribution is 5.68. The molecule has 1 fully saturated rings. The highest BCUT2D eigenvalue weighted by Gasteiger charge is 2.39. The van der Waals surface area contributed by atoms with Gasteiger partial charge in [-0.05, 0) is 21.0 Å². The predicted molar refractivity (Wildman–Crippen MR) is 59.0 cm³/mol. The van der Waals surface area contributed by atoms with Gasteiger partial charge in [-0.1, -0.05) is 0 Å². The Labute approximate surface area is 90.8 Å². The van der Waals surface area contributed by atoms with Crippen molar-refractivity contribution in [3.05, 3.63) is 0 Å². The van der Waals surface area contributed by atoms with Crippen LogP contribution in [0, 0.1) is 0 Å². The monoisotopic (exact) mass is 215 g/mol. The number of carbonyl (C=O) groups is 1. The molecule has 1 atom stereocenters. The smallest absolute Gasteiger partial charge is 0.305 e. The minimum atomic E-state index is -0.735. The van der Waals surface area contributed by atoms with Crippen molar-refractivity contribution in [3.8, 4) is 0 Å². The van der Waals surface area contributed by atoms with Gasteiger partial charge in [0.1, 0.15) is 0 Å². The molecule has 1 aliphatic heterocycles. The Balaban J connectivity index is 2.42. The molecule has 0 aromatic rings. The van der Waals surface area contributed by atoms with Gasteiger partial charge in [0.2, 0.25) is 0 Å². The summed E-state index contributed by atoms with van der Waals surface area (Å²) in [5, 5.41) is 15.4. The third-order valence-corrected chi connectivity index (χ3v) is 2.61. The van der Waals surface area contributed by atoms with Gasteiger partial charge in [0.05, 0.1) is 12.0 Å². The van der Waals surface area contributed by atoms with Gasteiger partial charge < -0.3 is 20.6 Å². The molecular weight excluding hydrogens is 194 g/mol. The quantitative estimate of drug-likeness (QED) is 0.549. The molecule has 0 aromatic heterocycles. The van der Waals surface area contributed by atoms with E-state index in [0.29, 0.717) is 6.04 Å². The van der Waals surface area contributed by atoms with Gasteiger partial charge in [-0.2, -0.15) is 0 Å². The minimum Gasteiger partial charge on any atom is -0.481 e. The number of aliphatic carboxylic acids is 1. The molecule has 0 spiro atoms. The Morgan fingerprint density at radius 2 is 2.20 bits per heavy atom. The van der Waals surface area contributed by atoms with E-state index in [2.05, 4.69) is 22.5 Å². The summed E-state index contributed by atoms with van der Waals surface area (Å²) in [6.07, 6.45) is 0.192. The van der Waals surface area contributed by atoms with Crippen molar-refractivity contribution in [1.29, 1.82) is 0 Å². The third-order valence-electron chi connectivity index (χ3n) is 2.61. The zero-order valence-electron chi connectivity index (χ0n) is 9.71. The molecule has 0 aromatic carbocycles. The fourth-order valence-electron chi connectivity index (χ4n) is 2.11. The third kappa shape index (κ3) is 3.77. The maximum absolute atomic E-state index is 10.7. The Hall–Kier alpha value is -0.650.